The number of benzene rings is 1. The van der Waals surface area contributed by atoms with E-state index in [-0.39, 0.29) is 18.1 Å². The van der Waals surface area contributed by atoms with Gasteiger partial charge in [0, 0.05) is 30.1 Å². The van der Waals surface area contributed by atoms with Crippen LogP contribution in [0.4, 0.5) is 10.2 Å². The summed E-state index contributed by atoms with van der Waals surface area (Å²) in [6, 6.07) is 11.2. The van der Waals surface area contributed by atoms with E-state index in [0.717, 1.165) is 11.1 Å². The zero-order valence-corrected chi connectivity index (χ0v) is 14.9. The van der Waals surface area contributed by atoms with E-state index in [9.17, 15) is 9.18 Å². The molecule has 0 saturated carbocycles. The molecule has 0 aliphatic rings. The molecule has 0 aliphatic heterocycles. The molecule has 0 unspecified atom stereocenters. The van der Waals surface area contributed by atoms with Crippen LogP contribution in [0, 0.1) is 5.82 Å². The summed E-state index contributed by atoms with van der Waals surface area (Å²) in [6.45, 7) is 0. The van der Waals surface area contributed by atoms with Crippen LogP contribution < -0.4 is 14.8 Å². The molecule has 0 spiro atoms. The molecule has 1 amide bonds. The van der Waals surface area contributed by atoms with E-state index in [1.807, 2.05) is 0 Å². The first-order chi connectivity index (χ1) is 13.1. The normalized spacial score (nSPS) is 10.3. The number of aromatic nitrogens is 2. The average molecular weight is 367 g/mol. The number of rotatable bonds is 6. The molecular weight excluding hydrogens is 349 g/mol. The second kappa shape index (κ2) is 8.27. The minimum Gasteiger partial charge on any atom is -0.496 e. The van der Waals surface area contributed by atoms with Gasteiger partial charge in [-0.1, -0.05) is 6.07 Å². The standard InChI is InChI=1S/C20H18FN3O3/c1-26-17-11-15(21)4-5-16(17)14-7-8-22-18(10-14)24-19(25)9-13-3-6-20(27-2)23-12-13/h3-8,10-12H,9H2,1-2H3,(H,22,24,25). The number of carbonyl (C=O) groups excluding carboxylic acids is 1. The highest BCUT2D eigenvalue weighted by molar-refractivity contribution is 5.92. The Kier molecular flexibility index (Phi) is 5.61. The lowest BCUT2D eigenvalue weighted by Gasteiger charge is -2.10. The number of anilines is 1. The number of nitrogens with zero attached hydrogens (tertiary/aromatic N) is 2. The predicted molar refractivity (Wildman–Crippen MR) is 99.3 cm³/mol. The van der Waals surface area contributed by atoms with Crippen molar-refractivity contribution in [1.82, 2.24) is 9.97 Å². The van der Waals surface area contributed by atoms with Crippen LogP contribution in [0.25, 0.3) is 11.1 Å². The van der Waals surface area contributed by atoms with Gasteiger partial charge in [0.1, 0.15) is 17.4 Å². The third-order valence-electron chi connectivity index (χ3n) is 3.87. The Morgan fingerprint density at radius 2 is 1.93 bits per heavy atom. The monoisotopic (exact) mass is 367 g/mol. The van der Waals surface area contributed by atoms with Crippen molar-refractivity contribution in [3.63, 3.8) is 0 Å². The number of nitrogens with one attached hydrogen (secondary N) is 1. The maximum atomic E-state index is 13.4. The van der Waals surface area contributed by atoms with Gasteiger partial charge in [-0.2, -0.15) is 0 Å². The maximum Gasteiger partial charge on any atom is 0.230 e. The molecule has 138 valence electrons. The van der Waals surface area contributed by atoms with E-state index in [4.69, 9.17) is 9.47 Å². The van der Waals surface area contributed by atoms with E-state index < -0.39 is 0 Å². The van der Waals surface area contributed by atoms with Crippen LogP contribution in [-0.4, -0.2) is 30.1 Å². The fourth-order valence-corrected chi connectivity index (χ4v) is 2.58. The topological polar surface area (TPSA) is 73.3 Å². The van der Waals surface area contributed by atoms with Crippen LogP contribution in [0.3, 0.4) is 0 Å². The van der Waals surface area contributed by atoms with Crippen molar-refractivity contribution in [2.75, 3.05) is 19.5 Å². The van der Waals surface area contributed by atoms with Crippen LogP contribution in [0.1, 0.15) is 5.56 Å². The lowest BCUT2D eigenvalue weighted by atomic mass is 10.1. The summed E-state index contributed by atoms with van der Waals surface area (Å²) in [5, 5.41) is 2.75. The van der Waals surface area contributed by atoms with Crippen molar-refractivity contribution < 1.29 is 18.7 Å². The molecule has 0 bridgehead atoms. The van der Waals surface area contributed by atoms with Gasteiger partial charge >= 0.3 is 0 Å². The second-order valence-corrected chi connectivity index (χ2v) is 5.71. The number of ether oxygens (including phenoxy) is 2. The van der Waals surface area contributed by atoms with Gasteiger partial charge in [0.2, 0.25) is 11.8 Å². The Hall–Kier alpha value is -3.48. The fraction of sp³-hybridized carbons (Fsp3) is 0.150. The summed E-state index contributed by atoms with van der Waals surface area (Å²) in [5.41, 5.74) is 2.21. The summed E-state index contributed by atoms with van der Waals surface area (Å²) in [5.74, 6) is 0.680. The first-order valence-electron chi connectivity index (χ1n) is 8.18. The van der Waals surface area contributed by atoms with E-state index >= 15 is 0 Å². The lowest BCUT2D eigenvalue weighted by molar-refractivity contribution is -0.115. The van der Waals surface area contributed by atoms with Crippen LogP contribution in [-0.2, 0) is 11.2 Å². The van der Waals surface area contributed by atoms with Crippen molar-refractivity contribution in [2.45, 2.75) is 6.42 Å². The number of amides is 1. The SMILES string of the molecule is COc1ccc(CC(=O)Nc2cc(-c3ccc(F)cc3OC)ccn2)cn1. The highest BCUT2D eigenvalue weighted by atomic mass is 19.1. The molecule has 1 N–H and O–H groups in total. The number of halogens is 1. The van der Waals surface area contributed by atoms with E-state index in [2.05, 4.69) is 15.3 Å². The predicted octanol–water partition coefficient (Wildman–Crippen LogP) is 3.48. The maximum absolute atomic E-state index is 13.4. The largest absolute Gasteiger partial charge is 0.496 e. The first kappa shape index (κ1) is 18.3. The number of methoxy groups -OCH3 is 2. The number of hydrogen-bond acceptors (Lipinski definition) is 5. The van der Waals surface area contributed by atoms with Gasteiger partial charge in [-0.25, -0.2) is 14.4 Å². The van der Waals surface area contributed by atoms with Gasteiger partial charge in [-0.05, 0) is 35.4 Å². The number of carbonyl (C=O) groups is 1. The summed E-state index contributed by atoms with van der Waals surface area (Å²) < 4.78 is 23.6. The third kappa shape index (κ3) is 4.58. The van der Waals surface area contributed by atoms with Crippen LogP contribution in [0.5, 0.6) is 11.6 Å². The molecule has 3 rings (SSSR count). The minimum atomic E-state index is -0.383. The molecule has 2 heterocycles. The molecule has 0 fully saturated rings. The molecule has 1 aromatic carbocycles. The third-order valence-corrected chi connectivity index (χ3v) is 3.87. The summed E-state index contributed by atoms with van der Waals surface area (Å²) in [4.78, 5) is 20.5. The molecule has 6 nitrogen and oxygen atoms in total. The molecule has 27 heavy (non-hydrogen) atoms. The Balaban J connectivity index is 1.74. The molecule has 2 aromatic heterocycles. The Morgan fingerprint density at radius 1 is 1.07 bits per heavy atom. The smallest absolute Gasteiger partial charge is 0.230 e. The minimum absolute atomic E-state index is 0.156. The molecule has 0 aliphatic carbocycles. The number of hydrogen-bond donors (Lipinski definition) is 1. The quantitative estimate of drug-likeness (QED) is 0.722. The average Bonchev–Trinajstić information content (AvgIpc) is 2.68. The van der Waals surface area contributed by atoms with Gasteiger partial charge in [-0.3, -0.25) is 4.79 Å². The van der Waals surface area contributed by atoms with Gasteiger partial charge in [0.25, 0.3) is 0 Å². The Bertz CT molecular complexity index is 945. The van der Waals surface area contributed by atoms with E-state index in [0.29, 0.717) is 23.0 Å². The highest BCUT2D eigenvalue weighted by Crippen LogP contribution is 2.31. The van der Waals surface area contributed by atoms with Crippen molar-refractivity contribution in [3.8, 4) is 22.8 Å². The summed E-state index contributed by atoms with van der Waals surface area (Å²) >= 11 is 0. The van der Waals surface area contributed by atoms with Gasteiger partial charge in [0.15, 0.2) is 0 Å². The van der Waals surface area contributed by atoms with Gasteiger partial charge in [-0.15, -0.1) is 0 Å². The van der Waals surface area contributed by atoms with Crippen LogP contribution in [0.2, 0.25) is 0 Å². The molecule has 7 heteroatoms. The van der Waals surface area contributed by atoms with Crippen molar-refractivity contribution in [1.29, 1.82) is 0 Å². The van der Waals surface area contributed by atoms with Crippen LogP contribution in [0.15, 0.2) is 54.9 Å². The lowest BCUT2D eigenvalue weighted by Crippen LogP contribution is -2.15. The molecular formula is C20H18FN3O3. The Morgan fingerprint density at radius 3 is 2.63 bits per heavy atom. The van der Waals surface area contributed by atoms with E-state index in [1.165, 1.54) is 26.4 Å². The van der Waals surface area contributed by atoms with Gasteiger partial charge < -0.3 is 14.8 Å². The molecule has 0 atom stereocenters. The first-order valence-corrected chi connectivity index (χ1v) is 8.18. The second-order valence-electron chi connectivity index (χ2n) is 5.71. The summed E-state index contributed by atoms with van der Waals surface area (Å²) in [6.07, 6.45) is 3.32. The van der Waals surface area contributed by atoms with Crippen molar-refractivity contribution in [2.24, 2.45) is 0 Å². The zero-order valence-electron chi connectivity index (χ0n) is 14.9. The molecule has 3 aromatic rings. The van der Waals surface area contributed by atoms with E-state index in [1.54, 1.807) is 42.7 Å². The number of pyridine rings is 2. The zero-order chi connectivity index (χ0) is 19.2. The fourth-order valence-electron chi connectivity index (χ4n) is 2.58. The van der Waals surface area contributed by atoms with Crippen molar-refractivity contribution >= 4 is 11.7 Å². The molecule has 0 saturated heterocycles. The Labute approximate surface area is 156 Å². The van der Waals surface area contributed by atoms with Gasteiger partial charge in [0.05, 0.1) is 20.6 Å². The highest BCUT2D eigenvalue weighted by Gasteiger charge is 2.10. The van der Waals surface area contributed by atoms with Crippen LogP contribution >= 0.6 is 0 Å². The van der Waals surface area contributed by atoms with Crippen molar-refractivity contribution in [3.05, 3.63) is 66.2 Å². The molecule has 0 radical (unpaired) electrons. The summed E-state index contributed by atoms with van der Waals surface area (Å²) in [7, 11) is 3.01.